The van der Waals surface area contributed by atoms with E-state index in [9.17, 15) is 43.2 Å². The van der Waals surface area contributed by atoms with Gasteiger partial charge in [-0.2, -0.15) is 0 Å². The summed E-state index contributed by atoms with van der Waals surface area (Å²) in [5.74, 6) is -3.36. The summed E-state index contributed by atoms with van der Waals surface area (Å²) in [6.07, 6.45) is 0.00354. The summed E-state index contributed by atoms with van der Waals surface area (Å²) in [5.41, 5.74) is 36.3. The first-order chi connectivity index (χ1) is 41.2. The van der Waals surface area contributed by atoms with E-state index in [4.69, 9.17) is 62.8 Å². The molecule has 0 saturated heterocycles. The summed E-state index contributed by atoms with van der Waals surface area (Å²) in [5, 5.41) is 0. The van der Waals surface area contributed by atoms with Crippen molar-refractivity contribution in [2.45, 2.75) is 19.3 Å². The van der Waals surface area contributed by atoms with Crippen LogP contribution in [0, 0.1) is 0 Å². The van der Waals surface area contributed by atoms with Gasteiger partial charge in [0.25, 0.3) is 17.7 Å². The molecule has 0 heterocycles. The lowest BCUT2D eigenvalue weighted by Crippen LogP contribution is -2.27. The van der Waals surface area contributed by atoms with Gasteiger partial charge in [0.15, 0.2) is 37.7 Å². The van der Waals surface area contributed by atoms with Crippen LogP contribution in [0.5, 0.6) is 17.2 Å². The van der Waals surface area contributed by atoms with Crippen molar-refractivity contribution in [2.75, 3.05) is 62.1 Å². The van der Waals surface area contributed by atoms with E-state index in [-0.39, 0.29) is 74.7 Å². The average molecular weight is 1200 g/mol. The maximum Gasteiger partial charge on any atom is 0.343 e. The van der Waals surface area contributed by atoms with E-state index in [2.05, 4.69) is 15.0 Å². The van der Waals surface area contributed by atoms with E-state index in [0.717, 1.165) is 0 Å². The number of ether oxygens (including phenoxy) is 6. The summed E-state index contributed by atoms with van der Waals surface area (Å²) in [6, 6.07) is 38.0. The molecule has 0 saturated carbocycles. The SMILES string of the molecule is CN(C)C(=O)COC(=O)Cc1ccc(OC(=O)c2ccc(N=C(N)N)cc2)cc1.CN(C)C(=O)COC(=O)Cc1ccc(OC(=O)c2ccc(N=C(N)N)cc2)cc1.CN(C)C(=O)COC(=O)Cc1ccc(OC(=O)c2ccc(N=C(N)N)cc2)cc1. The Morgan fingerprint density at radius 3 is 0.713 bits per heavy atom. The van der Waals surface area contributed by atoms with Gasteiger partial charge in [-0.1, -0.05) is 36.4 Å². The second kappa shape index (κ2) is 34.1. The molecular formula is C60H66N12O15. The number of carbonyl (C=O) groups excluding carboxylic acids is 9. The van der Waals surface area contributed by atoms with Crippen molar-refractivity contribution < 1.29 is 71.6 Å². The lowest BCUT2D eigenvalue weighted by atomic mass is 10.1. The Hall–Kier alpha value is -11.6. The fourth-order valence-corrected chi connectivity index (χ4v) is 6.45. The summed E-state index contributed by atoms with van der Waals surface area (Å²) < 4.78 is 30.6. The van der Waals surface area contributed by atoms with Crippen LogP contribution in [0.3, 0.4) is 0 Å². The highest BCUT2D eigenvalue weighted by molar-refractivity contribution is 5.93. The van der Waals surface area contributed by atoms with Crippen molar-refractivity contribution in [3.8, 4) is 17.2 Å². The maximum absolute atomic E-state index is 12.2. The molecule has 12 N–H and O–H groups in total. The normalized spacial score (nSPS) is 10.0. The molecule has 456 valence electrons. The monoisotopic (exact) mass is 1190 g/mol. The number of hydrogen-bond donors (Lipinski definition) is 6. The predicted octanol–water partition coefficient (Wildman–Crippen LogP) is 2.95. The quantitative estimate of drug-likeness (QED) is 0.0198. The maximum atomic E-state index is 12.2. The highest BCUT2D eigenvalue weighted by Gasteiger charge is 2.16. The molecule has 27 nitrogen and oxygen atoms in total. The van der Waals surface area contributed by atoms with Gasteiger partial charge in [0.05, 0.1) is 53.0 Å². The average Bonchev–Trinajstić information content (AvgIpc) is 3.69. The van der Waals surface area contributed by atoms with Crippen LogP contribution >= 0.6 is 0 Å². The van der Waals surface area contributed by atoms with Crippen LogP contribution in [0.2, 0.25) is 0 Å². The zero-order valence-electron chi connectivity index (χ0n) is 48.4. The number of hydrogen-bond acceptors (Lipinski definition) is 18. The number of likely N-dealkylation sites (N-methyl/N-ethyl adjacent to an activating group) is 3. The predicted molar refractivity (Wildman–Crippen MR) is 320 cm³/mol. The van der Waals surface area contributed by atoms with Gasteiger partial charge in [-0.3, -0.25) is 28.8 Å². The van der Waals surface area contributed by atoms with Gasteiger partial charge >= 0.3 is 35.8 Å². The van der Waals surface area contributed by atoms with Crippen molar-refractivity contribution in [3.63, 3.8) is 0 Å². The number of nitrogens with zero attached hydrogens (tertiary/aromatic N) is 6. The third-order valence-corrected chi connectivity index (χ3v) is 11.1. The molecule has 0 aromatic heterocycles. The van der Waals surface area contributed by atoms with Crippen molar-refractivity contribution in [1.29, 1.82) is 0 Å². The van der Waals surface area contributed by atoms with Gasteiger partial charge in [-0.05, 0) is 126 Å². The number of carbonyl (C=O) groups is 9. The van der Waals surface area contributed by atoms with E-state index >= 15 is 0 Å². The Morgan fingerprint density at radius 1 is 0.322 bits per heavy atom. The van der Waals surface area contributed by atoms with Gasteiger partial charge in [0, 0.05) is 42.3 Å². The molecule has 0 aliphatic carbocycles. The molecular weight excluding hydrogens is 1130 g/mol. The minimum absolute atomic E-state index is 0.00118. The lowest BCUT2D eigenvalue weighted by Gasteiger charge is -2.10. The Morgan fingerprint density at radius 2 is 0.529 bits per heavy atom. The van der Waals surface area contributed by atoms with E-state index < -0.39 is 35.8 Å². The highest BCUT2D eigenvalue weighted by Crippen LogP contribution is 2.21. The first-order valence-electron chi connectivity index (χ1n) is 25.8. The third-order valence-electron chi connectivity index (χ3n) is 11.1. The number of benzene rings is 6. The van der Waals surface area contributed by atoms with Crippen molar-refractivity contribution >= 4 is 88.5 Å². The zero-order valence-corrected chi connectivity index (χ0v) is 48.4. The van der Waals surface area contributed by atoms with Crippen molar-refractivity contribution in [3.05, 3.63) is 179 Å². The molecule has 0 spiro atoms. The number of guanidine groups is 3. The van der Waals surface area contributed by atoms with E-state index in [1.165, 1.54) is 14.7 Å². The van der Waals surface area contributed by atoms with Gasteiger partial charge in [0.2, 0.25) is 0 Å². The standard InChI is InChI=1S/3C20H22N4O5/c3*1-24(2)17(25)12-28-18(26)11-13-3-9-16(10-4-13)29-19(27)14-5-7-15(8-6-14)23-20(21)22/h3*3-10H,11-12H2,1-2H3,(H4,21,22,23). The van der Waals surface area contributed by atoms with Crippen LogP contribution in [-0.2, 0) is 62.2 Å². The van der Waals surface area contributed by atoms with Crippen LogP contribution in [0.15, 0.2) is 161 Å². The van der Waals surface area contributed by atoms with Crippen LogP contribution in [0.1, 0.15) is 47.8 Å². The number of rotatable bonds is 21. The first kappa shape index (κ1) is 67.9. The summed E-state index contributed by atoms with van der Waals surface area (Å²) in [4.78, 5) is 122. The molecule has 6 aromatic rings. The minimum Gasteiger partial charge on any atom is -0.455 e. The molecule has 27 heteroatoms. The number of aliphatic imine (C=N–C) groups is 3. The smallest absolute Gasteiger partial charge is 0.343 e. The molecule has 0 aliphatic heterocycles. The summed E-state index contributed by atoms with van der Waals surface area (Å²) >= 11 is 0. The number of nitrogens with two attached hydrogens (primary N) is 6. The molecule has 3 amide bonds. The molecule has 0 aliphatic rings. The fraction of sp³-hybridized carbons (Fsp3) is 0.200. The van der Waals surface area contributed by atoms with Crippen LogP contribution in [0.25, 0.3) is 0 Å². The molecule has 0 radical (unpaired) electrons. The van der Waals surface area contributed by atoms with Crippen LogP contribution < -0.4 is 48.6 Å². The molecule has 0 fully saturated rings. The van der Waals surface area contributed by atoms with Crippen molar-refractivity contribution in [2.24, 2.45) is 49.4 Å². The van der Waals surface area contributed by atoms with Gasteiger partial charge in [-0.15, -0.1) is 0 Å². The lowest BCUT2D eigenvalue weighted by molar-refractivity contribution is -0.150. The van der Waals surface area contributed by atoms with Gasteiger partial charge < -0.3 is 77.5 Å². The summed E-state index contributed by atoms with van der Waals surface area (Å²) in [7, 11) is 9.47. The van der Waals surface area contributed by atoms with Gasteiger partial charge in [-0.25, -0.2) is 29.4 Å². The second-order valence-corrected chi connectivity index (χ2v) is 18.7. The van der Waals surface area contributed by atoms with E-state index in [1.807, 2.05) is 0 Å². The zero-order chi connectivity index (χ0) is 64.2. The Bertz CT molecular complexity index is 3070. The van der Waals surface area contributed by atoms with Crippen LogP contribution in [0.4, 0.5) is 17.1 Å². The molecule has 0 unspecified atom stereocenters. The highest BCUT2D eigenvalue weighted by atomic mass is 16.6. The Kier molecular flexibility index (Phi) is 26.6. The van der Waals surface area contributed by atoms with Crippen molar-refractivity contribution in [1.82, 2.24) is 14.7 Å². The minimum atomic E-state index is -0.546. The van der Waals surface area contributed by atoms with Gasteiger partial charge in [0.1, 0.15) is 17.2 Å². The third kappa shape index (κ3) is 25.6. The molecule has 6 aromatic carbocycles. The number of amides is 3. The fourth-order valence-electron chi connectivity index (χ4n) is 6.45. The molecule has 6 rings (SSSR count). The molecule has 0 atom stereocenters. The van der Waals surface area contributed by atoms with E-state index in [1.54, 1.807) is 188 Å². The molecule has 0 bridgehead atoms. The summed E-state index contributed by atoms with van der Waals surface area (Å²) in [6.45, 7) is -0.906. The second-order valence-electron chi connectivity index (χ2n) is 18.7. The van der Waals surface area contributed by atoms with E-state index in [0.29, 0.717) is 67.7 Å². The first-order valence-corrected chi connectivity index (χ1v) is 25.8. The van der Waals surface area contributed by atoms with Crippen LogP contribution in [-0.4, -0.2) is 148 Å². The largest absolute Gasteiger partial charge is 0.455 e. The Labute approximate surface area is 500 Å². The topological polar surface area (TPSA) is 412 Å². The Balaban J connectivity index is 0.000000279. The number of esters is 6. The molecule has 87 heavy (non-hydrogen) atoms.